The Morgan fingerprint density at radius 3 is 2.39 bits per heavy atom. The Bertz CT molecular complexity index is 1270. The van der Waals surface area contributed by atoms with E-state index in [4.69, 9.17) is 11.6 Å². The fraction of sp³-hybridized carbons (Fsp3) is 0.160. The second kappa shape index (κ2) is 9.14. The molecule has 0 aliphatic rings. The van der Waals surface area contributed by atoms with Gasteiger partial charge in [0, 0.05) is 40.6 Å². The second-order valence-corrected chi connectivity index (χ2v) is 7.86. The Labute approximate surface area is 185 Å². The molecule has 1 N–H and O–H groups in total. The largest absolute Gasteiger partial charge is 0.330 e. The number of carbonyl (C=O) groups is 1. The number of aromatic amines is 1. The number of hydrogen-bond acceptors (Lipinski definition) is 3. The number of fused-ring (bicyclic) bond motifs is 1. The van der Waals surface area contributed by atoms with Gasteiger partial charge < -0.3 is 9.88 Å². The standard InChI is InChI=1S/C25H22ClN3O2/c1-2-17-5-8-23-20(13-17)14-21(24(30)28-23)16-29(15-18-3-6-22(26)7-4-18)25(31)19-9-11-27-12-10-19/h3-14H,2,15-16H2,1H3,(H,28,30). The van der Waals surface area contributed by atoms with Gasteiger partial charge in [0.15, 0.2) is 0 Å². The molecular weight excluding hydrogens is 410 g/mol. The maximum atomic E-state index is 13.3. The molecule has 2 aromatic heterocycles. The maximum absolute atomic E-state index is 13.3. The zero-order valence-electron chi connectivity index (χ0n) is 17.1. The monoisotopic (exact) mass is 431 g/mol. The van der Waals surface area contributed by atoms with Crippen LogP contribution in [0, 0.1) is 0 Å². The third-order valence-corrected chi connectivity index (χ3v) is 5.51. The van der Waals surface area contributed by atoms with Crippen LogP contribution in [0.2, 0.25) is 5.02 Å². The van der Waals surface area contributed by atoms with Crippen molar-refractivity contribution in [2.24, 2.45) is 0 Å². The van der Waals surface area contributed by atoms with E-state index in [1.165, 1.54) is 5.56 Å². The van der Waals surface area contributed by atoms with E-state index in [1.54, 1.807) is 41.6 Å². The van der Waals surface area contributed by atoms with E-state index in [1.807, 2.05) is 30.3 Å². The third-order valence-electron chi connectivity index (χ3n) is 5.26. The molecule has 0 radical (unpaired) electrons. The van der Waals surface area contributed by atoms with Crippen molar-refractivity contribution < 1.29 is 4.79 Å². The molecule has 0 aliphatic heterocycles. The molecule has 5 nitrogen and oxygen atoms in total. The number of rotatable bonds is 6. The fourth-order valence-corrected chi connectivity index (χ4v) is 3.66. The van der Waals surface area contributed by atoms with Gasteiger partial charge in [-0.05, 0) is 65.4 Å². The SMILES string of the molecule is CCc1ccc2[nH]c(=O)c(CN(Cc3ccc(Cl)cc3)C(=O)c3ccncc3)cc2c1. The van der Waals surface area contributed by atoms with Crippen molar-refractivity contribution in [1.82, 2.24) is 14.9 Å². The topological polar surface area (TPSA) is 66.1 Å². The number of nitrogens with zero attached hydrogens (tertiary/aromatic N) is 2. The third kappa shape index (κ3) is 4.84. The van der Waals surface area contributed by atoms with Crippen LogP contribution in [0.15, 0.2) is 77.9 Å². The summed E-state index contributed by atoms with van der Waals surface area (Å²) >= 11 is 6.00. The fourth-order valence-electron chi connectivity index (χ4n) is 3.53. The van der Waals surface area contributed by atoms with Crippen molar-refractivity contribution in [3.8, 4) is 0 Å². The van der Waals surface area contributed by atoms with E-state index in [2.05, 4.69) is 23.0 Å². The molecule has 0 unspecified atom stereocenters. The van der Waals surface area contributed by atoms with Crippen molar-refractivity contribution in [3.63, 3.8) is 0 Å². The van der Waals surface area contributed by atoms with Gasteiger partial charge >= 0.3 is 0 Å². The number of halogens is 1. The number of H-pyrrole nitrogens is 1. The lowest BCUT2D eigenvalue weighted by atomic mass is 10.1. The molecule has 2 heterocycles. The number of benzene rings is 2. The van der Waals surface area contributed by atoms with Crippen LogP contribution in [0.25, 0.3) is 10.9 Å². The highest BCUT2D eigenvalue weighted by Gasteiger charge is 2.18. The minimum Gasteiger partial charge on any atom is -0.330 e. The van der Waals surface area contributed by atoms with Gasteiger partial charge in [-0.1, -0.05) is 36.7 Å². The van der Waals surface area contributed by atoms with Gasteiger partial charge in [-0.25, -0.2) is 0 Å². The first-order valence-corrected chi connectivity index (χ1v) is 10.5. The molecule has 0 aliphatic carbocycles. The smallest absolute Gasteiger partial charge is 0.254 e. The number of amides is 1. The number of nitrogens with one attached hydrogen (secondary N) is 1. The lowest BCUT2D eigenvalue weighted by molar-refractivity contribution is 0.0729. The second-order valence-electron chi connectivity index (χ2n) is 7.42. The summed E-state index contributed by atoms with van der Waals surface area (Å²) in [7, 11) is 0. The van der Waals surface area contributed by atoms with Gasteiger partial charge in [-0.2, -0.15) is 0 Å². The van der Waals surface area contributed by atoms with Gasteiger partial charge in [0.25, 0.3) is 11.5 Å². The molecule has 0 atom stereocenters. The van der Waals surface area contributed by atoms with Crippen LogP contribution in [0.5, 0.6) is 0 Å². The maximum Gasteiger partial charge on any atom is 0.254 e. The van der Waals surface area contributed by atoms with Crippen LogP contribution >= 0.6 is 11.6 Å². The van der Waals surface area contributed by atoms with Crippen molar-refractivity contribution >= 4 is 28.4 Å². The Morgan fingerprint density at radius 2 is 1.68 bits per heavy atom. The van der Waals surface area contributed by atoms with Crippen molar-refractivity contribution in [1.29, 1.82) is 0 Å². The Hall–Kier alpha value is -3.44. The highest BCUT2D eigenvalue weighted by molar-refractivity contribution is 6.30. The molecule has 4 aromatic rings. The van der Waals surface area contributed by atoms with Crippen molar-refractivity contribution in [3.05, 3.63) is 111 Å². The van der Waals surface area contributed by atoms with Gasteiger partial charge in [0.2, 0.25) is 0 Å². The minimum atomic E-state index is -0.194. The molecule has 0 fully saturated rings. The molecule has 31 heavy (non-hydrogen) atoms. The minimum absolute atomic E-state index is 0.167. The normalized spacial score (nSPS) is 10.9. The number of aromatic nitrogens is 2. The van der Waals surface area contributed by atoms with E-state index in [0.717, 1.165) is 22.9 Å². The molecule has 156 valence electrons. The summed E-state index contributed by atoms with van der Waals surface area (Å²) in [4.78, 5) is 34.6. The number of hydrogen-bond donors (Lipinski definition) is 1. The predicted octanol–water partition coefficient (Wildman–Crippen LogP) is 4.98. The molecule has 2 aromatic carbocycles. The van der Waals surface area contributed by atoms with Crippen LogP contribution in [0.1, 0.15) is 34.0 Å². The summed E-state index contributed by atoms with van der Waals surface area (Å²) in [6.45, 7) is 2.63. The van der Waals surface area contributed by atoms with Crippen LogP contribution in [0.3, 0.4) is 0 Å². The van der Waals surface area contributed by atoms with Gasteiger partial charge in [0.05, 0.1) is 6.54 Å². The summed E-state index contributed by atoms with van der Waals surface area (Å²) in [6, 6.07) is 18.6. The first-order chi connectivity index (χ1) is 15.0. The lowest BCUT2D eigenvalue weighted by Crippen LogP contribution is -2.32. The van der Waals surface area contributed by atoms with Gasteiger partial charge in [0.1, 0.15) is 0 Å². The quantitative estimate of drug-likeness (QED) is 0.468. The zero-order chi connectivity index (χ0) is 21.8. The van der Waals surface area contributed by atoms with Crippen molar-refractivity contribution in [2.45, 2.75) is 26.4 Å². The van der Waals surface area contributed by atoms with Crippen LogP contribution in [-0.2, 0) is 19.5 Å². The summed E-state index contributed by atoms with van der Waals surface area (Å²) in [5.74, 6) is -0.167. The summed E-state index contributed by atoms with van der Waals surface area (Å²) in [5.41, 5.74) is 3.77. The van der Waals surface area contributed by atoms with Crippen molar-refractivity contribution in [2.75, 3.05) is 0 Å². The van der Waals surface area contributed by atoms with Gasteiger partial charge in [-0.3, -0.25) is 14.6 Å². The Balaban J connectivity index is 1.71. The predicted molar refractivity (Wildman–Crippen MR) is 123 cm³/mol. The van der Waals surface area contributed by atoms with E-state index in [0.29, 0.717) is 22.7 Å². The molecule has 0 saturated carbocycles. The average Bonchev–Trinajstić information content (AvgIpc) is 2.80. The average molecular weight is 432 g/mol. The lowest BCUT2D eigenvalue weighted by Gasteiger charge is -2.23. The van der Waals surface area contributed by atoms with E-state index in [9.17, 15) is 9.59 Å². The molecule has 0 bridgehead atoms. The highest BCUT2D eigenvalue weighted by Crippen LogP contribution is 2.18. The number of carbonyl (C=O) groups excluding carboxylic acids is 1. The molecule has 0 spiro atoms. The van der Waals surface area contributed by atoms with Crippen LogP contribution in [-0.4, -0.2) is 20.8 Å². The highest BCUT2D eigenvalue weighted by atomic mass is 35.5. The molecule has 4 rings (SSSR count). The molecular formula is C25H22ClN3O2. The molecule has 1 amide bonds. The number of pyridine rings is 2. The summed E-state index contributed by atoms with van der Waals surface area (Å²) in [6.07, 6.45) is 4.08. The zero-order valence-corrected chi connectivity index (χ0v) is 17.9. The summed E-state index contributed by atoms with van der Waals surface area (Å²) < 4.78 is 0. The Kier molecular flexibility index (Phi) is 6.14. The number of aryl methyl sites for hydroxylation is 1. The van der Waals surface area contributed by atoms with E-state index < -0.39 is 0 Å². The first-order valence-electron chi connectivity index (χ1n) is 10.1. The van der Waals surface area contributed by atoms with Crippen LogP contribution < -0.4 is 5.56 Å². The summed E-state index contributed by atoms with van der Waals surface area (Å²) in [5, 5.41) is 1.59. The molecule has 6 heteroatoms. The molecule has 0 saturated heterocycles. The van der Waals surface area contributed by atoms with E-state index >= 15 is 0 Å². The Morgan fingerprint density at radius 1 is 0.968 bits per heavy atom. The van der Waals surface area contributed by atoms with E-state index in [-0.39, 0.29) is 18.0 Å². The first kappa shape index (κ1) is 20.8. The van der Waals surface area contributed by atoms with Gasteiger partial charge in [-0.15, -0.1) is 0 Å². The van der Waals surface area contributed by atoms with Crippen LogP contribution in [0.4, 0.5) is 0 Å².